The number of thioether (sulfide) groups is 1. The van der Waals surface area contributed by atoms with Crippen LogP contribution in [0.3, 0.4) is 0 Å². The number of nitrogens with two attached hydrogens (primary N) is 1. The molecule has 6 heteroatoms. The maximum atomic E-state index is 5.69. The molecule has 96 valence electrons. The van der Waals surface area contributed by atoms with Crippen molar-refractivity contribution < 1.29 is 4.74 Å². The molecule has 0 aliphatic carbocycles. The molecule has 0 fully saturated rings. The van der Waals surface area contributed by atoms with E-state index in [1.807, 2.05) is 31.2 Å². The zero-order valence-corrected chi connectivity index (χ0v) is 11.0. The highest BCUT2D eigenvalue weighted by Crippen LogP contribution is 2.18. The third-order valence-electron chi connectivity index (χ3n) is 2.34. The van der Waals surface area contributed by atoms with E-state index in [0.29, 0.717) is 13.2 Å². The second-order valence-corrected chi connectivity index (χ2v) is 4.77. The van der Waals surface area contributed by atoms with Crippen molar-refractivity contribution in [1.29, 1.82) is 0 Å². The predicted molar refractivity (Wildman–Crippen MR) is 71.7 cm³/mol. The average molecular weight is 264 g/mol. The number of H-pyrrole nitrogens is 1. The lowest BCUT2D eigenvalue weighted by atomic mass is 10.2. The summed E-state index contributed by atoms with van der Waals surface area (Å²) < 4.78 is 5.69. The average Bonchev–Trinajstić information content (AvgIpc) is 2.81. The Hall–Kier alpha value is -1.53. The van der Waals surface area contributed by atoms with Crippen molar-refractivity contribution in [3.05, 3.63) is 35.7 Å². The molecule has 0 spiro atoms. The van der Waals surface area contributed by atoms with E-state index in [1.54, 1.807) is 11.8 Å². The first kappa shape index (κ1) is 12.9. The minimum atomic E-state index is 0.490. The first-order chi connectivity index (χ1) is 8.79. The second kappa shape index (κ2) is 6.42. The van der Waals surface area contributed by atoms with Gasteiger partial charge in [0.25, 0.3) is 0 Å². The lowest BCUT2D eigenvalue weighted by Crippen LogP contribution is -2.05. The van der Waals surface area contributed by atoms with Crippen molar-refractivity contribution in [1.82, 2.24) is 15.2 Å². The van der Waals surface area contributed by atoms with Crippen LogP contribution in [0.25, 0.3) is 0 Å². The summed E-state index contributed by atoms with van der Waals surface area (Å²) in [6.45, 7) is 2.98. The van der Waals surface area contributed by atoms with Gasteiger partial charge in [-0.1, -0.05) is 30.0 Å². The van der Waals surface area contributed by atoms with Crippen molar-refractivity contribution >= 4 is 11.8 Å². The molecule has 0 unspecified atom stereocenters. The fourth-order valence-electron chi connectivity index (χ4n) is 1.48. The first-order valence-electron chi connectivity index (χ1n) is 5.72. The first-order valence-corrected chi connectivity index (χ1v) is 6.70. The molecule has 18 heavy (non-hydrogen) atoms. The number of aryl methyl sites for hydroxylation is 1. The van der Waals surface area contributed by atoms with Crippen molar-refractivity contribution in [2.45, 2.75) is 18.6 Å². The van der Waals surface area contributed by atoms with Gasteiger partial charge in [0.2, 0.25) is 5.16 Å². The Kier molecular flexibility index (Phi) is 4.60. The molecule has 0 saturated heterocycles. The Labute approximate surface area is 110 Å². The molecule has 2 aromatic rings. The predicted octanol–water partition coefficient (Wildman–Crippen LogP) is 1.74. The highest BCUT2D eigenvalue weighted by Gasteiger charge is 2.03. The van der Waals surface area contributed by atoms with Crippen LogP contribution in [0, 0.1) is 6.92 Å². The number of aromatic amines is 1. The number of nitrogens with one attached hydrogen (secondary N) is 1. The fraction of sp³-hybridized carbons (Fsp3) is 0.333. The lowest BCUT2D eigenvalue weighted by Gasteiger charge is -2.09. The van der Waals surface area contributed by atoms with Crippen LogP contribution in [0.2, 0.25) is 0 Å². The van der Waals surface area contributed by atoms with Gasteiger partial charge in [-0.25, -0.2) is 4.98 Å². The molecule has 1 heterocycles. The quantitative estimate of drug-likeness (QED) is 0.614. The van der Waals surface area contributed by atoms with Gasteiger partial charge in [-0.3, -0.25) is 5.10 Å². The molecule has 0 bridgehead atoms. The summed E-state index contributed by atoms with van der Waals surface area (Å²) in [4.78, 5) is 4.21. The summed E-state index contributed by atoms with van der Waals surface area (Å²) in [5, 5.41) is 7.60. The molecule has 1 aromatic heterocycles. The molecule has 1 aromatic carbocycles. The van der Waals surface area contributed by atoms with Crippen LogP contribution in [0.4, 0.5) is 0 Å². The monoisotopic (exact) mass is 264 g/mol. The third-order valence-corrected chi connectivity index (χ3v) is 3.15. The Bertz CT molecular complexity index is 500. The largest absolute Gasteiger partial charge is 0.492 e. The van der Waals surface area contributed by atoms with Crippen LogP contribution in [0.1, 0.15) is 11.4 Å². The summed E-state index contributed by atoms with van der Waals surface area (Å²) in [7, 11) is 0. The fourth-order valence-corrected chi connectivity index (χ4v) is 2.15. The van der Waals surface area contributed by atoms with Gasteiger partial charge >= 0.3 is 0 Å². The topological polar surface area (TPSA) is 76.8 Å². The Morgan fingerprint density at radius 1 is 1.39 bits per heavy atom. The molecule has 0 aliphatic heterocycles. The molecule has 0 saturated carbocycles. The number of aromatic nitrogens is 3. The second-order valence-electron chi connectivity index (χ2n) is 3.71. The van der Waals surface area contributed by atoms with Crippen LogP contribution in [0.15, 0.2) is 29.4 Å². The number of para-hydroxylation sites is 1. The van der Waals surface area contributed by atoms with E-state index in [2.05, 4.69) is 15.2 Å². The SMILES string of the molecule is Cc1nc(SCCOc2ccccc2CN)n[nH]1. The Balaban J connectivity index is 1.78. The van der Waals surface area contributed by atoms with Crippen LogP contribution in [-0.2, 0) is 6.54 Å². The maximum Gasteiger partial charge on any atom is 0.208 e. The molecule has 0 atom stereocenters. The number of rotatable bonds is 6. The normalized spacial score (nSPS) is 10.6. The van der Waals surface area contributed by atoms with Gasteiger partial charge in [0, 0.05) is 17.9 Å². The van der Waals surface area contributed by atoms with E-state index in [1.165, 1.54) is 0 Å². The van der Waals surface area contributed by atoms with Crippen molar-refractivity contribution in [3.63, 3.8) is 0 Å². The highest BCUT2D eigenvalue weighted by atomic mass is 32.2. The van der Waals surface area contributed by atoms with E-state index < -0.39 is 0 Å². The van der Waals surface area contributed by atoms with Gasteiger partial charge in [-0.15, -0.1) is 5.10 Å². The van der Waals surface area contributed by atoms with Gasteiger partial charge in [0.15, 0.2) is 0 Å². The zero-order chi connectivity index (χ0) is 12.8. The van der Waals surface area contributed by atoms with E-state index in [0.717, 1.165) is 28.0 Å². The number of hydrogen-bond donors (Lipinski definition) is 2. The lowest BCUT2D eigenvalue weighted by molar-refractivity contribution is 0.340. The van der Waals surface area contributed by atoms with Gasteiger partial charge < -0.3 is 10.5 Å². The standard InChI is InChI=1S/C12H16N4OS/c1-9-14-12(16-15-9)18-7-6-17-11-5-3-2-4-10(11)8-13/h2-5H,6-8,13H2,1H3,(H,14,15,16). The Morgan fingerprint density at radius 2 is 2.22 bits per heavy atom. The summed E-state index contributed by atoms with van der Waals surface area (Å²) in [5.74, 6) is 2.48. The number of benzene rings is 1. The van der Waals surface area contributed by atoms with Gasteiger partial charge in [-0.05, 0) is 13.0 Å². The minimum Gasteiger partial charge on any atom is -0.492 e. The number of ether oxygens (including phenoxy) is 1. The summed E-state index contributed by atoms with van der Waals surface area (Å²) in [6.07, 6.45) is 0. The zero-order valence-electron chi connectivity index (χ0n) is 10.2. The maximum absolute atomic E-state index is 5.69. The van der Waals surface area contributed by atoms with E-state index >= 15 is 0 Å². The van der Waals surface area contributed by atoms with Crippen molar-refractivity contribution in [2.24, 2.45) is 5.73 Å². The molecular formula is C12H16N4OS. The Morgan fingerprint density at radius 3 is 2.94 bits per heavy atom. The van der Waals surface area contributed by atoms with Crippen LogP contribution < -0.4 is 10.5 Å². The van der Waals surface area contributed by atoms with Gasteiger partial charge in [0.1, 0.15) is 11.6 Å². The van der Waals surface area contributed by atoms with Crippen molar-refractivity contribution in [2.75, 3.05) is 12.4 Å². The molecule has 0 aliphatic rings. The third kappa shape index (κ3) is 3.48. The molecule has 3 N–H and O–H groups in total. The number of nitrogens with zero attached hydrogens (tertiary/aromatic N) is 2. The summed E-state index contributed by atoms with van der Waals surface area (Å²) in [6, 6.07) is 7.81. The minimum absolute atomic E-state index is 0.490. The van der Waals surface area contributed by atoms with E-state index in [-0.39, 0.29) is 0 Å². The van der Waals surface area contributed by atoms with Crippen LogP contribution >= 0.6 is 11.8 Å². The molecule has 2 rings (SSSR count). The van der Waals surface area contributed by atoms with Crippen LogP contribution in [-0.4, -0.2) is 27.5 Å². The highest BCUT2D eigenvalue weighted by molar-refractivity contribution is 7.99. The molecule has 0 radical (unpaired) electrons. The van der Waals surface area contributed by atoms with Gasteiger partial charge in [-0.2, -0.15) is 0 Å². The van der Waals surface area contributed by atoms with Gasteiger partial charge in [0.05, 0.1) is 6.61 Å². The van der Waals surface area contributed by atoms with E-state index in [4.69, 9.17) is 10.5 Å². The summed E-state index contributed by atoms with van der Waals surface area (Å²) >= 11 is 1.56. The van der Waals surface area contributed by atoms with E-state index in [9.17, 15) is 0 Å². The summed E-state index contributed by atoms with van der Waals surface area (Å²) in [5.41, 5.74) is 6.66. The number of hydrogen-bond acceptors (Lipinski definition) is 5. The molecule has 0 amide bonds. The smallest absolute Gasteiger partial charge is 0.208 e. The van der Waals surface area contributed by atoms with Crippen molar-refractivity contribution in [3.8, 4) is 5.75 Å². The molecule has 5 nitrogen and oxygen atoms in total. The molecular weight excluding hydrogens is 248 g/mol. The van der Waals surface area contributed by atoms with Crippen LogP contribution in [0.5, 0.6) is 5.75 Å².